The van der Waals surface area contributed by atoms with Crippen molar-refractivity contribution in [2.45, 2.75) is 12.8 Å². The molecule has 0 radical (unpaired) electrons. The Morgan fingerprint density at radius 1 is 1.29 bits per heavy atom. The first-order valence-electron chi connectivity index (χ1n) is 4.60. The van der Waals surface area contributed by atoms with E-state index >= 15 is 0 Å². The van der Waals surface area contributed by atoms with Crippen molar-refractivity contribution in [1.29, 1.82) is 0 Å². The van der Waals surface area contributed by atoms with Crippen molar-refractivity contribution in [3.8, 4) is 0 Å². The summed E-state index contributed by atoms with van der Waals surface area (Å²) >= 11 is 12.1. The molecule has 0 amide bonds. The average Bonchev–Trinajstić information content (AvgIpc) is 2.23. The first-order valence-corrected chi connectivity index (χ1v) is 5.36. The second-order valence-electron chi connectivity index (χ2n) is 3.36. The van der Waals surface area contributed by atoms with Crippen LogP contribution in [0, 0.1) is 0 Å². The summed E-state index contributed by atoms with van der Waals surface area (Å²) in [5.74, 6) is 0. The topological polar surface area (TPSA) is 26.0 Å². The molecule has 0 spiro atoms. The van der Waals surface area contributed by atoms with Gasteiger partial charge >= 0.3 is 0 Å². The molecule has 14 heavy (non-hydrogen) atoms. The summed E-state index contributed by atoms with van der Waals surface area (Å²) in [6.07, 6.45) is 4.13. The van der Waals surface area contributed by atoms with Gasteiger partial charge in [0.15, 0.2) is 0 Å². The lowest BCUT2D eigenvalue weighted by Crippen LogP contribution is -2.08. The predicted octanol–water partition coefficient (Wildman–Crippen LogP) is 3.28. The van der Waals surface area contributed by atoms with Crippen LogP contribution in [0.2, 0.25) is 10.0 Å². The molecule has 0 aliphatic heterocycles. The molecule has 0 heterocycles. The van der Waals surface area contributed by atoms with Crippen LogP contribution in [-0.2, 0) is 6.42 Å². The molecule has 1 nitrogen and oxygen atoms in total. The summed E-state index contributed by atoms with van der Waals surface area (Å²) in [4.78, 5) is 0. The van der Waals surface area contributed by atoms with E-state index in [0.717, 1.165) is 24.0 Å². The van der Waals surface area contributed by atoms with E-state index in [-0.39, 0.29) is 0 Å². The summed E-state index contributed by atoms with van der Waals surface area (Å²) in [6.45, 7) is 0.560. The van der Waals surface area contributed by atoms with Crippen molar-refractivity contribution in [2.24, 2.45) is 5.73 Å². The van der Waals surface area contributed by atoms with Crippen LogP contribution < -0.4 is 5.73 Å². The minimum atomic E-state index is 0.560. The Hall–Kier alpha value is -0.500. The van der Waals surface area contributed by atoms with Crippen molar-refractivity contribution in [3.63, 3.8) is 0 Å². The van der Waals surface area contributed by atoms with Crippen LogP contribution in [0.3, 0.4) is 0 Å². The van der Waals surface area contributed by atoms with Crippen LogP contribution in [0.15, 0.2) is 18.2 Å². The molecule has 1 aliphatic carbocycles. The van der Waals surface area contributed by atoms with Crippen molar-refractivity contribution in [1.82, 2.24) is 0 Å². The van der Waals surface area contributed by atoms with Gasteiger partial charge in [0.2, 0.25) is 0 Å². The fraction of sp³-hybridized carbons (Fsp3) is 0.273. The quantitative estimate of drug-likeness (QED) is 0.784. The Morgan fingerprint density at radius 3 is 2.79 bits per heavy atom. The van der Waals surface area contributed by atoms with Gasteiger partial charge in [-0.15, -0.1) is 0 Å². The Balaban J connectivity index is 2.59. The number of hydrogen-bond donors (Lipinski definition) is 1. The lowest BCUT2D eigenvalue weighted by molar-refractivity contribution is 0.967. The smallest absolute Gasteiger partial charge is 0.0630 e. The van der Waals surface area contributed by atoms with E-state index in [4.69, 9.17) is 28.9 Å². The SMILES string of the molecule is NCC1=CCCc2c1ccc(Cl)c2Cl. The van der Waals surface area contributed by atoms with Gasteiger partial charge in [0.05, 0.1) is 10.0 Å². The highest BCUT2D eigenvalue weighted by Gasteiger charge is 2.15. The Kier molecular flexibility index (Phi) is 2.82. The number of allylic oxidation sites excluding steroid dienone is 1. The van der Waals surface area contributed by atoms with E-state index in [1.54, 1.807) is 0 Å². The summed E-state index contributed by atoms with van der Waals surface area (Å²) < 4.78 is 0. The summed E-state index contributed by atoms with van der Waals surface area (Å²) in [6, 6.07) is 3.83. The molecule has 0 saturated heterocycles. The number of benzene rings is 1. The predicted molar refractivity (Wildman–Crippen MR) is 61.8 cm³/mol. The number of hydrogen-bond acceptors (Lipinski definition) is 1. The van der Waals surface area contributed by atoms with Crippen molar-refractivity contribution >= 4 is 28.8 Å². The first-order chi connectivity index (χ1) is 6.74. The minimum absolute atomic E-state index is 0.560. The lowest BCUT2D eigenvalue weighted by atomic mass is 9.91. The molecule has 3 heteroatoms. The molecule has 0 bridgehead atoms. The van der Waals surface area contributed by atoms with Gasteiger partial charge in [-0.25, -0.2) is 0 Å². The van der Waals surface area contributed by atoms with Crippen molar-refractivity contribution in [3.05, 3.63) is 39.4 Å². The van der Waals surface area contributed by atoms with Crippen LogP contribution in [0.5, 0.6) is 0 Å². The highest BCUT2D eigenvalue weighted by atomic mass is 35.5. The van der Waals surface area contributed by atoms with Crippen LogP contribution in [0.4, 0.5) is 0 Å². The molecule has 1 aromatic rings. The minimum Gasteiger partial charge on any atom is -0.326 e. The van der Waals surface area contributed by atoms with Crippen LogP contribution in [0.25, 0.3) is 5.57 Å². The highest BCUT2D eigenvalue weighted by molar-refractivity contribution is 6.42. The maximum Gasteiger partial charge on any atom is 0.0630 e. The molecular formula is C11H11Cl2N. The summed E-state index contributed by atoms with van der Waals surface area (Å²) in [5, 5.41) is 1.31. The number of nitrogens with two attached hydrogens (primary N) is 1. The van der Waals surface area contributed by atoms with Gasteiger partial charge in [-0.2, -0.15) is 0 Å². The zero-order valence-electron chi connectivity index (χ0n) is 7.69. The van der Waals surface area contributed by atoms with E-state index in [2.05, 4.69) is 6.08 Å². The fourth-order valence-electron chi connectivity index (χ4n) is 1.83. The van der Waals surface area contributed by atoms with E-state index in [1.165, 1.54) is 5.57 Å². The first kappa shape index (κ1) is 10.0. The van der Waals surface area contributed by atoms with Crippen molar-refractivity contribution < 1.29 is 0 Å². The number of halogens is 2. The van der Waals surface area contributed by atoms with E-state index < -0.39 is 0 Å². The number of rotatable bonds is 1. The van der Waals surface area contributed by atoms with Gasteiger partial charge in [0, 0.05) is 6.54 Å². The summed E-state index contributed by atoms with van der Waals surface area (Å²) in [5.41, 5.74) is 9.13. The van der Waals surface area contributed by atoms with Crippen molar-refractivity contribution in [2.75, 3.05) is 6.54 Å². The monoisotopic (exact) mass is 227 g/mol. The molecule has 0 atom stereocenters. The summed E-state index contributed by atoms with van der Waals surface area (Å²) in [7, 11) is 0. The lowest BCUT2D eigenvalue weighted by Gasteiger charge is -2.18. The average molecular weight is 228 g/mol. The molecule has 1 aromatic carbocycles. The maximum absolute atomic E-state index is 6.13. The van der Waals surface area contributed by atoms with Gasteiger partial charge < -0.3 is 5.73 Å². The second kappa shape index (κ2) is 3.93. The van der Waals surface area contributed by atoms with Gasteiger partial charge in [-0.05, 0) is 35.6 Å². The largest absolute Gasteiger partial charge is 0.326 e. The van der Waals surface area contributed by atoms with Gasteiger partial charge in [0.1, 0.15) is 0 Å². The fourth-order valence-corrected chi connectivity index (χ4v) is 2.27. The third-order valence-corrected chi connectivity index (χ3v) is 3.39. The van der Waals surface area contributed by atoms with E-state index in [0.29, 0.717) is 16.6 Å². The Labute approximate surface area is 93.5 Å². The normalized spacial score (nSPS) is 14.9. The van der Waals surface area contributed by atoms with Crippen LogP contribution in [0.1, 0.15) is 17.5 Å². The van der Waals surface area contributed by atoms with Crippen LogP contribution >= 0.6 is 23.2 Å². The van der Waals surface area contributed by atoms with E-state index in [9.17, 15) is 0 Å². The maximum atomic E-state index is 6.13. The molecule has 1 aliphatic rings. The molecular weight excluding hydrogens is 217 g/mol. The van der Waals surface area contributed by atoms with Gasteiger partial charge in [0.25, 0.3) is 0 Å². The zero-order valence-corrected chi connectivity index (χ0v) is 9.20. The van der Waals surface area contributed by atoms with E-state index in [1.807, 2.05) is 12.1 Å². The Morgan fingerprint density at radius 2 is 2.07 bits per heavy atom. The standard InChI is InChI=1S/C11H11Cl2N/c12-10-5-4-8-7(6-14)2-1-3-9(8)11(10)13/h2,4-5H,1,3,6,14H2. The molecule has 0 saturated carbocycles. The van der Waals surface area contributed by atoms with Gasteiger partial charge in [-0.3, -0.25) is 0 Å². The Bertz CT molecular complexity index is 397. The molecule has 74 valence electrons. The molecule has 2 rings (SSSR count). The molecule has 2 N–H and O–H groups in total. The molecule has 0 aromatic heterocycles. The number of fused-ring (bicyclic) bond motifs is 1. The third-order valence-electron chi connectivity index (χ3n) is 2.55. The molecule has 0 unspecified atom stereocenters. The third kappa shape index (κ3) is 1.56. The zero-order chi connectivity index (χ0) is 10.1. The molecule has 0 fully saturated rings. The second-order valence-corrected chi connectivity index (χ2v) is 4.14. The van der Waals surface area contributed by atoms with Crippen LogP contribution in [-0.4, -0.2) is 6.54 Å². The van der Waals surface area contributed by atoms with Gasteiger partial charge in [-0.1, -0.05) is 35.3 Å². The highest BCUT2D eigenvalue weighted by Crippen LogP contribution is 2.35.